The highest BCUT2D eigenvalue weighted by Gasteiger charge is 2.16. The topological polar surface area (TPSA) is 112 Å². The fourth-order valence-corrected chi connectivity index (χ4v) is 3.73. The molecule has 0 radical (unpaired) electrons. The summed E-state index contributed by atoms with van der Waals surface area (Å²) >= 11 is 1.23. The van der Waals surface area contributed by atoms with Gasteiger partial charge < -0.3 is 21.1 Å². The van der Waals surface area contributed by atoms with Crippen LogP contribution in [0.2, 0.25) is 0 Å². The van der Waals surface area contributed by atoms with Crippen molar-refractivity contribution >= 4 is 39.8 Å². The molecule has 1 aromatic carbocycles. The van der Waals surface area contributed by atoms with E-state index in [1.807, 2.05) is 19.9 Å². The Labute approximate surface area is 192 Å². The molecule has 8 nitrogen and oxygen atoms in total. The normalized spacial score (nSPS) is 11.3. The van der Waals surface area contributed by atoms with Crippen LogP contribution < -0.4 is 16.0 Å². The monoisotopic (exact) mass is 454 g/mol. The van der Waals surface area contributed by atoms with E-state index in [9.17, 15) is 9.90 Å². The summed E-state index contributed by atoms with van der Waals surface area (Å²) in [6.45, 7) is 12.9. The number of amides is 1. The molecule has 0 unspecified atom stereocenters. The Morgan fingerprint density at radius 3 is 2.62 bits per heavy atom. The van der Waals surface area contributed by atoms with E-state index in [4.69, 9.17) is 0 Å². The van der Waals surface area contributed by atoms with Gasteiger partial charge in [0.1, 0.15) is 16.4 Å². The molecule has 0 aliphatic carbocycles. The van der Waals surface area contributed by atoms with Crippen molar-refractivity contribution in [1.29, 1.82) is 0 Å². The van der Waals surface area contributed by atoms with E-state index in [0.717, 1.165) is 24.2 Å². The predicted molar refractivity (Wildman–Crippen MR) is 130 cm³/mol. The van der Waals surface area contributed by atoms with Crippen LogP contribution in [0.3, 0.4) is 0 Å². The van der Waals surface area contributed by atoms with Gasteiger partial charge in [-0.3, -0.25) is 4.79 Å². The average molecular weight is 455 g/mol. The summed E-state index contributed by atoms with van der Waals surface area (Å²) in [6.07, 6.45) is 2.52. The van der Waals surface area contributed by atoms with Crippen molar-refractivity contribution in [1.82, 2.24) is 15.0 Å². The third-order valence-electron chi connectivity index (χ3n) is 4.86. The summed E-state index contributed by atoms with van der Waals surface area (Å²) in [5.41, 5.74) is 3.16. The molecule has 170 valence electrons. The van der Waals surface area contributed by atoms with Gasteiger partial charge in [-0.05, 0) is 44.2 Å². The first-order valence-electron chi connectivity index (χ1n) is 10.4. The molecule has 0 bridgehead atoms. The zero-order valence-electron chi connectivity index (χ0n) is 19.3. The number of hydrogen-bond acceptors (Lipinski definition) is 8. The quantitative estimate of drug-likeness (QED) is 0.378. The molecule has 4 N–H and O–H groups in total. The molecule has 0 saturated heterocycles. The van der Waals surface area contributed by atoms with Gasteiger partial charge in [0.15, 0.2) is 5.13 Å². The van der Waals surface area contributed by atoms with Crippen molar-refractivity contribution in [3.05, 3.63) is 46.1 Å². The molecule has 32 heavy (non-hydrogen) atoms. The Kier molecular flexibility index (Phi) is 6.98. The maximum Gasteiger partial charge on any atom is 0.267 e. The number of nitrogens with one attached hydrogen (secondary N) is 3. The summed E-state index contributed by atoms with van der Waals surface area (Å²) in [5, 5.41) is 19.8. The fourth-order valence-electron chi connectivity index (χ4n) is 3.01. The largest absolute Gasteiger partial charge is 0.508 e. The summed E-state index contributed by atoms with van der Waals surface area (Å²) in [7, 11) is 0. The molecule has 0 aliphatic rings. The molecule has 9 heteroatoms. The first kappa shape index (κ1) is 23.5. The van der Waals surface area contributed by atoms with Gasteiger partial charge in [-0.15, -0.1) is 0 Å². The van der Waals surface area contributed by atoms with Crippen molar-refractivity contribution in [3.8, 4) is 5.75 Å². The number of aryl methyl sites for hydroxylation is 2. The van der Waals surface area contributed by atoms with E-state index in [1.54, 1.807) is 19.1 Å². The summed E-state index contributed by atoms with van der Waals surface area (Å²) in [5.74, 6) is 1.03. The molecule has 0 fully saturated rings. The molecule has 2 aromatic heterocycles. The van der Waals surface area contributed by atoms with Crippen LogP contribution in [0.4, 0.5) is 22.6 Å². The maximum atomic E-state index is 12.7. The van der Waals surface area contributed by atoms with Crippen LogP contribution in [0.15, 0.2) is 24.4 Å². The minimum absolute atomic E-state index is 0.142. The second kappa shape index (κ2) is 9.52. The van der Waals surface area contributed by atoms with Gasteiger partial charge in [-0.2, -0.15) is 4.98 Å². The van der Waals surface area contributed by atoms with Gasteiger partial charge >= 0.3 is 0 Å². The standard InChI is InChI=1S/C23H30N6O2S/c1-13-7-8-16(30)15(3)19(13)29-20(31)17-12-25-22(32-17)28-18-11-14(2)26-21(27-18)24-10-9-23(4,5)6/h7-8,11-12,30H,9-10H2,1-6H3,(H,29,31)(H2,24,25,26,27,28). The lowest BCUT2D eigenvalue weighted by Crippen LogP contribution is -2.14. The molecule has 0 atom stereocenters. The number of carbonyl (C=O) groups is 1. The number of hydrogen-bond donors (Lipinski definition) is 4. The highest BCUT2D eigenvalue weighted by Crippen LogP contribution is 2.29. The molecule has 3 rings (SSSR count). The number of thiazole rings is 1. The van der Waals surface area contributed by atoms with Crippen molar-refractivity contribution in [3.63, 3.8) is 0 Å². The van der Waals surface area contributed by atoms with Gasteiger partial charge in [0.05, 0.1) is 11.9 Å². The number of carbonyl (C=O) groups excluding carboxylic acids is 1. The smallest absolute Gasteiger partial charge is 0.267 e. The average Bonchev–Trinajstić information content (AvgIpc) is 3.15. The summed E-state index contributed by atoms with van der Waals surface area (Å²) < 4.78 is 0. The Balaban J connectivity index is 1.69. The molecular weight excluding hydrogens is 424 g/mol. The molecule has 0 aliphatic heterocycles. The van der Waals surface area contributed by atoms with Gasteiger partial charge in [0.2, 0.25) is 5.95 Å². The number of aromatic hydroxyl groups is 1. The lowest BCUT2D eigenvalue weighted by Gasteiger charge is -2.18. The molecule has 2 heterocycles. The third-order valence-corrected chi connectivity index (χ3v) is 5.77. The van der Waals surface area contributed by atoms with Crippen LogP contribution in [0.1, 0.15) is 53.7 Å². The van der Waals surface area contributed by atoms with Crippen molar-refractivity contribution in [2.45, 2.75) is 48.0 Å². The van der Waals surface area contributed by atoms with E-state index in [1.165, 1.54) is 17.5 Å². The zero-order valence-corrected chi connectivity index (χ0v) is 20.1. The Bertz CT molecular complexity index is 1120. The molecule has 1 amide bonds. The number of phenolic OH excluding ortho intramolecular Hbond substituents is 1. The van der Waals surface area contributed by atoms with E-state index >= 15 is 0 Å². The maximum absolute atomic E-state index is 12.7. The number of anilines is 4. The Morgan fingerprint density at radius 2 is 1.91 bits per heavy atom. The summed E-state index contributed by atoms with van der Waals surface area (Å²) in [4.78, 5) is 26.4. The first-order valence-corrected chi connectivity index (χ1v) is 11.3. The minimum Gasteiger partial charge on any atom is -0.508 e. The van der Waals surface area contributed by atoms with Gasteiger partial charge in [0.25, 0.3) is 5.91 Å². The second-order valence-electron chi connectivity index (χ2n) is 8.97. The number of rotatable bonds is 7. The Hall–Kier alpha value is -3.20. The summed E-state index contributed by atoms with van der Waals surface area (Å²) in [6, 6.07) is 5.21. The van der Waals surface area contributed by atoms with E-state index in [-0.39, 0.29) is 17.1 Å². The predicted octanol–water partition coefficient (Wildman–Crippen LogP) is 5.41. The van der Waals surface area contributed by atoms with Gasteiger partial charge in [-0.25, -0.2) is 9.97 Å². The van der Waals surface area contributed by atoms with Crippen LogP contribution >= 0.6 is 11.3 Å². The molecule has 3 aromatic rings. The van der Waals surface area contributed by atoms with E-state index < -0.39 is 0 Å². The number of benzene rings is 1. The Morgan fingerprint density at radius 1 is 1.16 bits per heavy atom. The lowest BCUT2D eigenvalue weighted by atomic mass is 9.92. The van der Waals surface area contributed by atoms with Crippen LogP contribution in [0.5, 0.6) is 5.75 Å². The minimum atomic E-state index is -0.282. The first-order chi connectivity index (χ1) is 15.0. The highest BCUT2D eigenvalue weighted by atomic mass is 32.1. The SMILES string of the molecule is Cc1cc(Nc2ncc(C(=O)Nc3c(C)ccc(O)c3C)s2)nc(NCCC(C)(C)C)n1. The highest BCUT2D eigenvalue weighted by molar-refractivity contribution is 7.17. The van der Waals surface area contributed by atoms with Crippen LogP contribution in [0.25, 0.3) is 0 Å². The fraction of sp³-hybridized carbons (Fsp3) is 0.391. The van der Waals surface area contributed by atoms with E-state index in [2.05, 4.69) is 51.7 Å². The number of aromatic nitrogens is 3. The van der Waals surface area contributed by atoms with Crippen molar-refractivity contribution < 1.29 is 9.90 Å². The van der Waals surface area contributed by atoms with E-state index in [0.29, 0.717) is 33.0 Å². The lowest BCUT2D eigenvalue weighted by molar-refractivity contribution is 0.103. The molecular formula is C23H30N6O2S. The second-order valence-corrected chi connectivity index (χ2v) is 10.00. The third kappa shape index (κ3) is 6.16. The van der Waals surface area contributed by atoms with Crippen molar-refractivity contribution in [2.24, 2.45) is 5.41 Å². The zero-order chi connectivity index (χ0) is 23.5. The van der Waals surface area contributed by atoms with Crippen molar-refractivity contribution in [2.75, 3.05) is 22.5 Å². The molecule has 0 spiro atoms. The van der Waals surface area contributed by atoms with Gasteiger partial charge in [-0.1, -0.05) is 38.2 Å². The van der Waals surface area contributed by atoms with Crippen LogP contribution in [0, 0.1) is 26.2 Å². The van der Waals surface area contributed by atoms with Crippen LogP contribution in [-0.2, 0) is 0 Å². The van der Waals surface area contributed by atoms with Gasteiger partial charge in [0, 0.05) is 23.9 Å². The number of phenols is 1. The number of nitrogens with zero attached hydrogens (tertiary/aromatic N) is 3. The molecule has 0 saturated carbocycles. The van der Waals surface area contributed by atoms with Crippen LogP contribution in [-0.4, -0.2) is 32.5 Å².